The molecule has 6 nitrogen and oxygen atoms in total. The lowest BCUT2D eigenvalue weighted by atomic mass is 10.2. The van der Waals surface area contributed by atoms with Crippen LogP contribution in [0.1, 0.15) is 17.3 Å². The van der Waals surface area contributed by atoms with Gasteiger partial charge in [-0.15, -0.1) is 0 Å². The summed E-state index contributed by atoms with van der Waals surface area (Å²) in [6, 6.07) is 11.1. The highest BCUT2D eigenvalue weighted by Gasteiger charge is 2.21. The van der Waals surface area contributed by atoms with Crippen molar-refractivity contribution in [2.24, 2.45) is 0 Å². The van der Waals surface area contributed by atoms with Gasteiger partial charge in [-0.25, -0.2) is 8.42 Å². The van der Waals surface area contributed by atoms with Crippen LogP contribution in [-0.2, 0) is 10.0 Å². The number of benzene rings is 2. The third kappa shape index (κ3) is 4.73. The molecule has 2 aromatic carbocycles. The van der Waals surface area contributed by atoms with Crippen LogP contribution in [0, 0.1) is 0 Å². The first-order chi connectivity index (χ1) is 11.7. The summed E-state index contributed by atoms with van der Waals surface area (Å²) in [5.41, 5.74) is 0.694. The summed E-state index contributed by atoms with van der Waals surface area (Å²) < 4.78 is 34.0. The molecule has 0 bridgehead atoms. The van der Waals surface area contributed by atoms with E-state index in [-0.39, 0.29) is 16.6 Å². The van der Waals surface area contributed by atoms with E-state index in [4.69, 9.17) is 4.74 Å². The highest BCUT2D eigenvalue weighted by molar-refractivity contribution is 9.10. The molecule has 25 heavy (non-hydrogen) atoms. The number of carbonyl (C=O) groups is 1. The second kappa shape index (κ2) is 7.88. The van der Waals surface area contributed by atoms with Gasteiger partial charge >= 0.3 is 0 Å². The van der Waals surface area contributed by atoms with Gasteiger partial charge in [0, 0.05) is 29.8 Å². The van der Waals surface area contributed by atoms with E-state index in [1.54, 1.807) is 51.4 Å². The molecule has 0 aliphatic heterocycles. The zero-order valence-electron chi connectivity index (χ0n) is 14.1. The number of hydrogen-bond acceptors (Lipinski definition) is 4. The topological polar surface area (TPSA) is 75.7 Å². The average Bonchev–Trinajstić information content (AvgIpc) is 2.55. The Labute approximate surface area is 156 Å². The number of nitrogens with zero attached hydrogens (tertiary/aromatic N) is 1. The van der Waals surface area contributed by atoms with Crippen molar-refractivity contribution in [3.05, 3.63) is 52.5 Å². The van der Waals surface area contributed by atoms with E-state index in [1.807, 2.05) is 0 Å². The van der Waals surface area contributed by atoms with E-state index in [2.05, 4.69) is 20.7 Å². The number of sulfonamides is 1. The fourth-order valence-corrected chi connectivity index (χ4v) is 3.88. The number of hydrogen-bond donors (Lipinski definition) is 1. The fraction of sp³-hybridized carbons (Fsp3) is 0.235. The van der Waals surface area contributed by atoms with Crippen LogP contribution in [0.15, 0.2) is 51.8 Å². The minimum Gasteiger partial charge on any atom is -0.492 e. The molecule has 0 spiro atoms. The van der Waals surface area contributed by atoms with E-state index in [0.29, 0.717) is 22.3 Å². The SMILES string of the molecule is CCOc1ccc(Br)cc1S(=O)(=O)Nc1cccc(C(=O)N(C)C)c1. The first-order valence-corrected chi connectivity index (χ1v) is 9.79. The van der Waals surface area contributed by atoms with E-state index >= 15 is 0 Å². The number of ether oxygens (including phenoxy) is 1. The predicted molar refractivity (Wildman–Crippen MR) is 101 cm³/mol. The van der Waals surface area contributed by atoms with E-state index < -0.39 is 10.0 Å². The lowest BCUT2D eigenvalue weighted by Gasteiger charge is -2.14. The zero-order chi connectivity index (χ0) is 18.6. The molecule has 0 atom stereocenters. The van der Waals surface area contributed by atoms with E-state index in [1.165, 1.54) is 17.0 Å². The highest BCUT2D eigenvalue weighted by Crippen LogP contribution is 2.29. The van der Waals surface area contributed by atoms with Gasteiger partial charge in [-0.05, 0) is 43.3 Å². The molecule has 134 valence electrons. The Morgan fingerprint density at radius 3 is 2.56 bits per heavy atom. The summed E-state index contributed by atoms with van der Waals surface area (Å²) in [4.78, 5) is 13.5. The molecular formula is C17H19BrN2O4S. The molecule has 0 radical (unpaired) electrons. The van der Waals surface area contributed by atoms with Crippen molar-refractivity contribution in [3.63, 3.8) is 0 Å². The molecule has 0 saturated carbocycles. The van der Waals surface area contributed by atoms with Crippen LogP contribution in [0.25, 0.3) is 0 Å². The van der Waals surface area contributed by atoms with Gasteiger partial charge in [-0.2, -0.15) is 0 Å². The molecule has 1 amide bonds. The van der Waals surface area contributed by atoms with Crippen LogP contribution in [0.3, 0.4) is 0 Å². The number of nitrogens with one attached hydrogen (secondary N) is 1. The molecule has 0 aromatic heterocycles. The molecule has 0 fully saturated rings. The number of anilines is 1. The minimum atomic E-state index is -3.88. The van der Waals surface area contributed by atoms with Gasteiger partial charge in [0.25, 0.3) is 15.9 Å². The maximum absolute atomic E-state index is 12.8. The largest absolute Gasteiger partial charge is 0.492 e. The Hall–Kier alpha value is -2.06. The van der Waals surface area contributed by atoms with Crippen molar-refractivity contribution in [2.75, 3.05) is 25.4 Å². The number of amides is 1. The van der Waals surface area contributed by atoms with Gasteiger partial charge in [0.2, 0.25) is 0 Å². The normalized spacial score (nSPS) is 11.0. The molecular weight excluding hydrogens is 408 g/mol. The summed E-state index contributed by atoms with van der Waals surface area (Å²) in [6.45, 7) is 2.12. The standard InChI is InChI=1S/C17H19BrN2O4S/c1-4-24-15-9-8-13(18)11-16(15)25(22,23)19-14-7-5-6-12(10-14)17(21)20(2)3/h5-11,19H,4H2,1-3H3. The Kier molecular flexibility index (Phi) is 6.07. The van der Waals surface area contributed by atoms with Crippen molar-refractivity contribution >= 4 is 37.5 Å². The Balaban J connectivity index is 2.38. The molecule has 0 saturated heterocycles. The molecule has 1 N–H and O–H groups in total. The Bertz CT molecular complexity index is 882. The lowest BCUT2D eigenvalue weighted by molar-refractivity contribution is 0.0827. The van der Waals surface area contributed by atoms with Gasteiger partial charge in [0.15, 0.2) is 0 Å². The lowest BCUT2D eigenvalue weighted by Crippen LogP contribution is -2.22. The summed E-state index contributed by atoms with van der Waals surface area (Å²) in [6.07, 6.45) is 0. The van der Waals surface area contributed by atoms with E-state index in [0.717, 1.165) is 0 Å². The second-order valence-electron chi connectivity index (χ2n) is 5.41. The summed E-state index contributed by atoms with van der Waals surface area (Å²) in [5.74, 6) is 0.0530. The van der Waals surface area contributed by atoms with Gasteiger partial charge in [0.05, 0.1) is 6.61 Å². The van der Waals surface area contributed by atoms with Crippen LogP contribution in [-0.4, -0.2) is 39.9 Å². The van der Waals surface area contributed by atoms with Crippen LogP contribution in [0.5, 0.6) is 5.75 Å². The van der Waals surface area contributed by atoms with Crippen LogP contribution < -0.4 is 9.46 Å². The Morgan fingerprint density at radius 1 is 1.20 bits per heavy atom. The Morgan fingerprint density at radius 2 is 1.92 bits per heavy atom. The monoisotopic (exact) mass is 426 g/mol. The summed E-state index contributed by atoms with van der Waals surface area (Å²) in [7, 11) is -0.613. The number of halogens is 1. The van der Waals surface area contributed by atoms with Gasteiger partial charge in [-0.1, -0.05) is 22.0 Å². The molecule has 0 unspecified atom stereocenters. The number of rotatable bonds is 6. The zero-order valence-corrected chi connectivity index (χ0v) is 16.5. The van der Waals surface area contributed by atoms with Crippen LogP contribution in [0.4, 0.5) is 5.69 Å². The van der Waals surface area contributed by atoms with Crippen LogP contribution in [0.2, 0.25) is 0 Å². The third-order valence-electron chi connectivity index (χ3n) is 3.26. The average molecular weight is 427 g/mol. The van der Waals surface area contributed by atoms with Gasteiger partial charge < -0.3 is 9.64 Å². The molecule has 8 heteroatoms. The first kappa shape index (κ1) is 19.3. The fourth-order valence-electron chi connectivity index (χ4n) is 2.15. The quantitative estimate of drug-likeness (QED) is 0.767. The molecule has 2 rings (SSSR count). The first-order valence-electron chi connectivity index (χ1n) is 7.51. The van der Waals surface area contributed by atoms with Gasteiger partial charge in [-0.3, -0.25) is 9.52 Å². The van der Waals surface area contributed by atoms with Crippen molar-refractivity contribution in [1.29, 1.82) is 0 Å². The van der Waals surface area contributed by atoms with Crippen molar-refractivity contribution in [1.82, 2.24) is 4.90 Å². The molecule has 0 aliphatic carbocycles. The maximum Gasteiger partial charge on any atom is 0.265 e. The van der Waals surface area contributed by atoms with Crippen LogP contribution >= 0.6 is 15.9 Å². The molecule has 0 heterocycles. The van der Waals surface area contributed by atoms with Crippen molar-refractivity contribution in [2.45, 2.75) is 11.8 Å². The number of carbonyl (C=O) groups excluding carboxylic acids is 1. The van der Waals surface area contributed by atoms with Gasteiger partial charge in [0.1, 0.15) is 10.6 Å². The highest BCUT2D eigenvalue weighted by atomic mass is 79.9. The third-order valence-corrected chi connectivity index (χ3v) is 5.16. The smallest absolute Gasteiger partial charge is 0.265 e. The molecule has 2 aromatic rings. The van der Waals surface area contributed by atoms with Crippen molar-refractivity contribution < 1.29 is 17.9 Å². The summed E-state index contributed by atoms with van der Waals surface area (Å²) in [5, 5.41) is 0. The maximum atomic E-state index is 12.8. The van der Waals surface area contributed by atoms with Crippen molar-refractivity contribution in [3.8, 4) is 5.75 Å². The summed E-state index contributed by atoms with van der Waals surface area (Å²) >= 11 is 3.27. The minimum absolute atomic E-state index is 0.0214. The second-order valence-corrected chi connectivity index (χ2v) is 7.98. The van der Waals surface area contributed by atoms with E-state index in [9.17, 15) is 13.2 Å². The molecule has 0 aliphatic rings. The predicted octanol–water partition coefficient (Wildman–Crippen LogP) is 3.35.